The van der Waals surface area contributed by atoms with E-state index in [1.807, 2.05) is 13.8 Å². The molecule has 2 N–H and O–H groups in total. The summed E-state index contributed by atoms with van der Waals surface area (Å²) in [5, 5.41) is 5.24. The molecular weight excluding hydrogens is 785 g/mol. The quantitative estimate of drug-likeness (QED) is 0.0595. The van der Waals surface area contributed by atoms with Crippen LogP contribution in [0, 0.1) is 30.1 Å². The first kappa shape index (κ1) is 46.4. The zero-order chi connectivity index (χ0) is 44.4. The van der Waals surface area contributed by atoms with Crippen LogP contribution in [0.4, 0.5) is 11.4 Å². The second-order valence-corrected chi connectivity index (χ2v) is 14.4. The van der Waals surface area contributed by atoms with Gasteiger partial charge in [0.15, 0.2) is 12.2 Å². The lowest BCUT2D eigenvalue weighted by Gasteiger charge is -2.27. The average molecular weight is 831 g/mol. The van der Waals surface area contributed by atoms with Crippen LogP contribution in [-0.4, -0.2) is 87.5 Å². The van der Waals surface area contributed by atoms with Crippen molar-refractivity contribution in [2.75, 3.05) is 50.3 Å². The third-order valence-corrected chi connectivity index (χ3v) is 8.35. The number of terminal acetylenes is 2. The van der Waals surface area contributed by atoms with Crippen LogP contribution < -0.4 is 10.6 Å². The van der Waals surface area contributed by atoms with Crippen LogP contribution >= 0.6 is 0 Å². The summed E-state index contributed by atoms with van der Waals surface area (Å²) in [5.74, 6) is 1.60. The van der Waals surface area contributed by atoms with Gasteiger partial charge in [0.1, 0.15) is 13.2 Å². The second-order valence-electron chi connectivity index (χ2n) is 14.4. The highest BCUT2D eigenvalue weighted by Crippen LogP contribution is 2.19. The minimum Gasteiger partial charge on any atom is -0.458 e. The summed E-state index contributed by atoms with van der Waals surface area (Å²) in [7, 11) is 0. The van der Waals surface area contributed by atoms with E-state index in [4.69, 9.17) is 41.3 Å². The van der Waals surface area contributed by atoms with Gasteiger partial charge in [-0.25, -0.2) is 19.2 Å². The first-order chi connectivity index (χ1) is 29.1. The first-order valence-corrected chi connectivity index (χ1v) is 18.9. The van der Waals surface area contributed by atoms with Gasteiger partial charge < -0.3 is 39.1 Å². The standard InChI is InChI=1S/C47H46N2O12/c1-7-33-11-9-13-37(23-33)45(54)60-41(27-58-43(52)35-15-19-39(20-16-35)48-31(3)50)25-56-29-47(5,6)30-57-26-42(61-46(55)38-14-10-12-34(8-2)24-38)28-59-44(53)36-17-21-40(22-18-36)49-32(4)51/h1-2,9-24,41-42H,25-30H2,3-6H3,(H,48,50)(H,49,51). The molecule has 0 spiro atoms. The highest BCUT2D eigenvalue weighted by Gasteiger charge is 2.26. The van der Waals surface area contributed by atoms with Crippen LogP contribution in [0.25, 0.3) is 0 Å². The topological polar surface area (TPSA) is 182 Å². The fraction of sp³-hybridized carbons (Fsp3) is 0.277. The van der Waals surface area contributed by atoms with Crippen LogP contribution in [0.15, 0.2) is 97.1 Å². The van der Waals surface area contributed by atoms with Crippen molar-refractivity contribution in [2.45, 2.75) is 39.9 Å². The van der Waals surface area contributed by atoms with E-state index in [2.05, 4.69) is 22.5 Å². The van der Waals surface area contributed by atoms with Crippen LogP contribution in [0.2, 0.25) is 0 Å². The zero-order valence-electron chi connectivity index (χ0n) is 34.2. The monoisotopic (exact) mass is 830 g/mol. The van der Waals surface area contributed by atoms with Crippen molar-refractivity contribution in [1.82, 2.24) is 0 Å². The minimum absolute atomic E-state index is 0.0823. The molecule has 0 heterocycles. The van der Waals surface area contributed by atoms with Gasteiger partial charge in [0, 0.05) is 41.8 Å². The number of esters is 4. The maximum atomic E-state index is 13.1. The highest BCUT2D eigenvalue weighted by molar-refractivity contribution is 5.93. The molecule has 0 aromatic heterocycles. The Bertz CT molecular complexity index is 2110. The number of benzene rings is 4. The number of nitrogens with one attached hydrogen (secondary N) is 2. The molecule has 0 aliphatic rings. The Kier molecular flexibility index (Phi) is 17.3. The fourth-order valence-electron chi connectivity index (χ4n) is 5.41. The van der Waals surface area contributed by atoms with Crippen molar-refractivity contribution < 1.29 is 57.2 Å². The Hall–Kier alpha value is -7.26. The molecule has 0 saturated carbocycles. The molecule has 0 aliphatic heterocycles. The van der Waals surface area contributed by atoms with Gasteiger partial charge in [0.2, 0.25) is 11.8 Å². The van der Waals surface area contributed by atoms with Crippen LogP contribution in [-0.2, 0) is 38.0 Å². The van der Waals surface area contributed by atoms with E-state index in [1.54, 1.807) is 48.5 Å². The normalized spacial score (nSPS) is 11.7. The summed E-state index contributed by atoms with van der Waals surface area (Å²) >= 11 is 0. The lowest BCUT2D eigenvalue weighted by molar-refractivity contribution is -0.115. The Labute approximate surface area is 354 Å². The van der Waals surface area contributed by atoms with Gasteiger partial charge in [-0.05, 0) is 84.9 Å². The maximum absolute atomic E-state index is 13.1. The van der Waals surface area contributed by atoms with Crippen molar-refractivity contribution in [1.29, 1.82) is 0 Å². The predicted octanol–water partition coefficient (Wildman–Crippen LogP) is 6.09. The largest absolute Gasteiger partial charge is 0.458 e. The summed E-state index contributed by atoms with van der Waals surface area (Å²) in [6.45, 7) is 5.56. The number of carbonyl (C=O) groups is 6. The van der Waals surface area contributed by atoms with Crippen LogP contribution in [0.5, 0.6) is 0 Å². The lowest BCUT2D eigenvalue weighted by Crippen LogP contribution is -2.34. The number of amides is 2. The van der Waals surface area contributed by atoms with Gasteiger partial charge in [-0.15, -0.1) is 12.8 Å². The van der Waals surface area contributed by atoms with Gasteiger partial charge in [-0.3, -0.25) is 9.59 Å². The highest BCUT2D eigenvalue weighted by atomic mass is 16.6. The molecule has 0 aliphatic carbocycles. The molecule has 4 aromatic carbocycles. The molecule has 2 atom stereocenters. The van der Waals surface area contributed by atoms with Gasteiger partial charge in [-0.2, -0.15) is 0 Å². The van der Waals surface area contributed by atoms with Gasteiger partial charge in [-0.1, -0.05) is 37.8 Å². The maximum Gasteiger partial charge on any atom is 0.338 e. The van der Waals surface area contributed by atoms with E-state index in [9.17, 15) is 28.8 Å². The van der Waals surface area contributed by atoms with Crippen LogP contribution in [0.3, 0.4) is 0 Å². The summed E-state index contributed by atoms with van der Waals surface area (Å²) in [4.78, 5) is 74.7. The number of hydrogen-bond donors (Lipinski definition) is 2. The third kappa shape index (κ3) is 15.8. The second kappa shape index (κ2) is 22.8. The molecule has 0 bridgehead atoms. The van der Waals surface area contributed by atoms with Crippen molar-refractivity contribution in [3.63, 3.8) is 0 Å². The summed E-state index contributed by atoms with van der Waals surface area (Å²) in [5.41, 5.74) is 2.08. The smallest absolute Gasteiger partial charge is 0.338 e. The fourth-order valence-corrected chi connectivity index (χ4v) is 5.41. The number of hydrogen-bond acceptors (Lipinski definition) is 12. The Morgan fingerprint density at radius 1 is 0.541 bits per heavy atom. The molecule has 14 nitrogen and oxygen atoms in total. The molecule has 2 unspecified atom stereocenters. The molecule has 4 aromatic rings. The molecule has 2 amide bonds. The number of ether oxygens (including phenoxy) is 6. The van der Waals surface area contributed by atoms with Crippen LogP contribution in [0.1, 0.15) is 80.3 Å². The van der Waals surface area contributed by atoms with Gasteiger partial charge in [0.05, 0.1) is 48.7 Å². The third-order valence-electron chi connectivity index (χ3n) is 8.35. The molecule has 61 heavy (non-hydrogen) atoms. The molecule has 14 heteroatoms. The van der Waals surface area contributed by atoms with E-state index in [-0.39, 0.29) is 73.7 Å². The zero-order valence-corrected chi connectivity index (χ0v) is 34.2. The van der Waals surface area contributed by atoms with E-state index >= 15 is 0 Å². The molecule has 0 radical (unpaired) electrons. The van der Waals surface area contributed by atoms with Gasteiger partial charge in [0.25, 0.3) is 0 Å². The Balaban J connectivity index is 1.37. The Morgan fingerprint density at radius 2 is 0.918 bits per heavy atom. The summed E-state index contributed by atoms with van der Waals surface area (Å²) in [6.07, 6.45) is 8.93. The average Bonchev–Trinajstić information content (AvgIpc) is 3.24. The summed E-state index contributed by atoms with van der Waals surface area (Å²) < 4.78 is 34.3. The van der Waals surface area contributed by atoms with Crippen molar-refractivity contribution in [3.05, 3.63) is 130 Å². The minimum atomic E-state index is -1.03. The van der Waals surface area contributed by atoms with E-state index in [1.165, 1.54) is 62.4 Å². The lowest BCUT2D eigenvalue weighted by atomic mass is 9.96. The van der Waals surface area contributed by atoms with Gasteiger partial charge >= 0.3 is 23.9 Å². The number of rotatable bonds is 20. The number of carbonyl (C=O) groups excluding carboxylic acids is 6. The molecule has 0 fully saturated rings. The first-order valence-electron chi connectivity index (χ1n) is 18.9. The van der Waals surface area contributed by atoms with Crippen molar-refractivity contribution in [2.24, 2.45) is 5.41 Å². The van der Waals surface area contributed by atoms with E-state index < -0.39 is 41.5 Å². The Morgan fingerprint density at radius 3 is 1.26 bits per heavy atom. The predicted molar refractivity (Wildman–Crippen MR) is 225 cm³/mol. The molecule has 4 rings (SSSR count). The summed E-state index contributed by atoms with van der Waals surface area (Å²) in [6, 6.07) is 24.8. The SMILES string of the molecule is C#Cc1cccc(C(=O)OC(COCC(C)(C)COCC(COC(=O)c2ccc(NC(C)=O)cc2)OC(=O)c2cccc(C#C)c2)COC(=O)c2ccc(NC(C)=O)cc2)c1. The van der Waals surface area contributed by atoms with Crippen molar-refractivity contribution in [3.8, 4) is 24.7 Å². The molecule has 316 valence electrons. The number of anilines is 2. The van der Waals surface area contributed by atoms with Crippen molar-refractivity contribution >= 4 is 47.1 Å². The molecule has 0 saturated heterocycles. The van der Waals surface area contributed by atoms with E-state index in [0.717, 1.165) is 0 Å². The van der Waals surface area contributed by atoms with E-state index in [0.29, 0.717) is 22.5 Å². The molecular formula is C47H46N2O12.